The molecule has 0 saturated heterocycles. The second-order valence-corrected chi connectivity index (χ2v) is 6.18. The van der Waals surface area contributed by atoms with Crippen molar-refractivity contribution in [3.8, 4) is 6.07 Å². The minimum absolute atomic E-state index is 0.242. The van der Waals surface area contributed by atoms with Crippen LogP contribution in [0.4, 0.5) is 4.39 Å². The molecular weight excluding hydrogens is 311 g/mol. The highest BCUT2D eigenvalue weighted by Crippen LogP contribution is 2.35. The van der Waals surface area contributed by atoms with E-state index in [1.54, 1.807) is 17.5 Å². The molecule has 1 heterocycles. The molecule has 21 heavy (non-hydrogen) atoms. The Kier molecular flexibility index (Phi) is 3.66. The van der Waals surface area contributed by atoms with Crippen LogP contribution in [-0.4, -0.2) is 5.91 Å². The third kappa shape index (κ3) is 2.65. The summed E-state index contributed by atoms with van der Waals surface area (Å²) in [6.07, 6.45) is 1.23. The Morgan fingerprint density at radius 3 is 3.00 bits per heavy atom. The molecule has 2 aromatic rings. The summed E-state index contributed by atoms with van der Waals surface area (Å²) < 4.78 is 13.8. The SMILES string of the molecule is N#Cc1csc(C(=O)N[C@@H]2CCc3c(F)cc(Cl)cc32)c1. The summed E-state index contributed by atoms with van der Waals surface area (Å²) in [5.41, 5.74) is 1.82. The molecule has 0 spiro atoms. The molecule has 3 nitrogen and oxygen atoms in total. The third-order valence-corrected chi connectivity index (χ3v) is 4.66. The van der Waals surface area contributed by atoms with Crippen LogP contribution in [0.2, 0.25) is 5.02 Å². The number of fused-ring (bicyclic) bond motifs is 1. The molecule has 1 aromatic heterocycles. The lowest BCUT2D eigenvalue weighted by Crippen LogP contribution is -2.26. The predicted molar refractivity (Wildman–Crippen MR) is 79.0 cm³/mol. The van der Waals surface area contributed by atoms with Crippen molar-refractivity contribution in [2.75, 3.05) is 0 Å². The van der Waals surface area contributed by atoms with Crippen molar-refractivity contribution in [2.45, 2.75) is 18.9 Å². The maximum Gasteiger partial charge on any atom is 0.261 e. The van der Waals surface area contributed by atoms with Crippen LogP contribution in [0.1, 0.15) is 38.8 Å². The molecule has 1 aliphatic rings. The van der Waals surface area contributed by atoms with Crippen LogP contribution in [0.3, 0.4) is 0 Å². The average Bonchev–Trinajstić information content (AvgIpc) is 3.06. The first-order chi connectivity index (χ1) is 10.1. The molecule has 1 aliphatic carbocycles. The van der Waals surface area contributed by atoms with E-state index in [9.17, 15) is 9.18 Å². The maximum absolute atomic E-state index is 13.8. The van der Waals surface area contributed by atoms with Gasteiger partial charge in [0.1, 0.15) is 11.9 Å². The summed E-state index contributed by atoms with van der Waals surface area (Å²) in [7, 11) is 0. The molecule has 0 unspecified atom stereocenters. The fourth-order valence-corrected chi connectivity index (χ4v) is 3.48. The first kappa shape index (κ1) is 14.1. The molecule has 0 radical (unpaired) electrons. The Morgan fingerprint density at radius 1 is 1.48 bits per heavy atom. The number of nitriles is 1. The van der Waals surface area contributed by atoms with Crippen LogP contribution in [0.25, 0.3) is 0 Å². The van der Waals surface area contributed by atoms with Gasteiger partial charge in [0.15, 0.2) is 0 Å². The van der Waals surface area contributed by atoms with E-state index in [0.29, 0.717) is 33.9 Å². The summed E-state index contributed by atoms with van der Waals surface area (Å²) in [5, 5.41) is 13.6. The molecule has 6 heteroatoms. The number of carbonyl (C=O) groups is 1. The Hall–Kier alpha value is -1.90. The number of halogens is 2. The van der Waals surface area contributed by atoms with Gasteiger partial charge in [-0.1, -0.05) is 11.6 Å². The number of thiophene rings is 1. The van der Waals surface area contributed by atoms with E-state index in [4.69, 9.17) is 16.9 Å². The minimum atomic E-state index is -0.322. The van der Waals surface area contributed by atoms with Gasteiger partial charge >= 0.3 is 0 Å². The molecule has 106 valence electrons. The zero-order valence-corrected chi connectivity index (χ0v) is 12.4. The monoisotopic (exact) mass is 320 g/mol. The molecular formula is C15H10ClFN2OS. The lowest BCUT2D eigenvalue weighted by molar-refractivity contribution is 0.0941. The molecule has 3 rings (SSSR count). The van der Waals surface area contributed by atoms with Crippen LogP contribution in [0, 0.1) is 17.1 Å². The summed E-state index contributed by atoms with van der Waals surface area (Å²) in [6.45, 7) is 0. The van der Waals surface area contributed by atoms with E-state index in [1.165, 1.54) is 17.4 Å². The number of benzene rings is 1. The largest absolute Gasteiger partial charge is 0.345 e. The zero-order valence-electron chi connectivity index (χ0n) is 10.8. The Labute approximate surface area is 130 Å². The van der Waals surface area contributed by atoms with E-state index in [2.05, 4.69) is 5.32 Å². The van der Waals surface area contributed by atoms with Gasteiger partial charge < -0.3 is 5.32 Å². The molecule has 0 bridgehead atoms. The molecule has 1 atom stereocenters. The quantitative estimate of drug-likeness (QED) is 0.914. The number of nitrogens with one attached hydrogen (secondary N) is 1. The Morgan fingerprint density at radius 2 is 2.29 bits per heavy atom. The molecule has 1 amide bonds. The highest BCUT2D eigenvalue weighted by atomic mass is 35.5. The number of amides is 1. The normalized spacial score (nSPS) is 16.3. The molecule has 0 saturated carbocycles. The number of nitrogens with zero attached hydrogens (tertiary/aromatic N) is 1. The average molecular weight is 321 g/mol. The van der Waals surface area contributed by atoms with Crippen LogP contribution >= 0.6 is 22.9 Å². The lowest BCUT2D eigenvalue weighted by Gasteiger charge is -2.13. The van der Waals surface area contributed by atoms with E-state index in [-0.39, 0.29) is 17.8 Å². The molecule has 1 N–H and O–H groups in total. The summed E-state index contributed by atoms with van der Waals surface area (Å²) >= 11 is 7.10. The second-order valence-electron chi connectivity index (χ2n) is 4.83. The molecule has 1 aromatic carbocycles. The first-order valence-corrected chi connectivity index (χ1v) is 7.61. The van der Waals surface area contributed by atoms with E-state index < -0.39 is 0 Å². The maximum atomic E-state index is 13.8. The molecule has 0 aliphatic heterocycles. The van der Waals surface area contributed by atoms with Crippen molar-refractivity contribution >= 4 is 28.8 Å². The summed E-state index contributed by atoms with van der Waals surface area (Å²) in [6, 6.07) is 6.29. The van der Waals surface area contributed by atoms with Crippen LogP contribution in [-0.2, 0) is 6.42 Å². The third-order valence-electron chi connectivity index (χ3n) is 3.51. The van der Waals surface area contributed by atoms with E-state index in [0.717, 1.165) is 5.56 Å². The van der Waals surface area contributed by atoms with Gasteiger partial charge in [-0.15, -0.1) is 11.3 Å². The Balaban J connectivity index is 1.82. The zero-order chi connectivity index (χ0) is 15.0. The van der Waals surface area contributed by atoms with E-state index in [1.807, 2.05) is 6.07 Å². The second kappa shape index (κ2) is 5.47. The molecule has 0 fully saturated rings. The van der Waals surface area contributed by atoms with Crippen LogP contribution in [0.15, 0.2) is 23.6 Å². The summed E-state index contributed by atoms with van der Waals surface area (Å²) in [4.78, 5) is 12.6. The van der Waals surface area contributed by atoms with Crippen LogP contribution in [0.5, 0.6) is 0 Å². The number of carbonyl (C=O) groups excluding carboxylic acids is 1. The van der Waals surface area contributed by atoms with Gasteiger partial charge in [-0.3, -0.25) is 4.79 Å². The van der Waals surface area contributed by atoms with Crippen molar-refractivity contribution < 1.29 is 9.18 Å². The van der Waals surface area contributed by atoms with Crippen LogP contribution < -0.4 is 5.32 Å². The van der Waals surface area contributed by atoms with Gasteiger partial charge in [-0.05, 0) is 42.2 Å². The van der Waals surface area contributed by atoms with Crippen molar-refractivity contribution in [1.29, 1.82) is 5.26 Å². The number of hydrogen-bond donors (Lipinski definition) is 1. The first-order valence-electron chi connectivity index (χ1n) is 6.36. The Bertz CT molecular complexity index is 766. The van der Waals surface area contributed by atoms with Gasteiger partial charge in [0.05, 0.1) is 16.5 Å². The standard InChI is InChI=1S/C15H10ClFN2OS/c16-9-4-11-10(12(17)5-9)1-2-13(11)19-15(20)14-3-8(6-18)7-21-14/h3-5,7,13H,1-2H2,(H,19,20)/t13-/m1/s1. The highest BCUT2D eigenvalue weighted by molar-refractivity contribution is 7.12. The fraction of sp³-hybridized carbons (Fsp3) is 0.200. The number of hydrogen-bond acceptors (Lipinski definition) is 3. The van der Waals surface area contributed by atoms with Crippen molar-refractivity contribution in [3.05, 3.63) is 56.0 Å². The predicted octanol–water partition coefficient (Wildman–Crippen LogP) is 3.83. The minimum Gasteiger partial charge on any atom is -0.345 e. The van der Waals surface area contributed by atoms with E-state index >= 15 is 0 Å². The smallest absolute Gasteiger partial charge is 0.261 e. The summed E-state index contributed by atoms with van der Waals surface area (Å²) in [5.74, 6) is -0.572. The van der Waals surface area contributed by atoms with Gasteiger partial charge in [0.2, 0.25) is 0 Å². The topological polar surface area (TPSA) is 52.9 Å². The van der Waals surface area contributed by atoms with Crippen molar-refractivity contribution in [3.63, 3.8) is 0 Å². The van der Waals surface area contributed by atoms with Gasteiger partial charge in [-0.2, -0.15) is 5.26 Å². The van der Waals surface area contributed by atoms with Gasteiger partial charge in [0, 0.05) is 10.4 Å². The highest BCUT2D eigenvalue weighted by Gasteiger charge is 2.27. The lowest BCUT2D eigenvalue weighted by atomic mass is 10.1. The van der Waals surface area contributed by atoms with Crippen molar-refractivity contribution in [2.24, 2.45) is 0 Å². The van der Waals surface area contributed by atoms with Gasteiger partial charge in [-0.25, -0.2) is 4.39 Å². The van der Waals surface area contributed by atoms with Crippen molar-refractivity contribution in [1.82, 2.24) is 5.32 Å². The number of rotatable bonds is 2. The van der Waals surface area contributed by atoms with Gasteiger partial charge in [0.25, 0.3) is 5.91 Å². The fourth-order valence-electron chi connectivity index (χ4n) is 2.54.